The first-order chi connectivity index (χ1) is 15.9. The molecule has 5 rings (SSSR count). The first-order valence-electron chi connectivity index (χ1n) is 10.4. The standard InChI is InChI=1S/C23H19F2N5O2S/c1-13-26-20-18(33-13)9-7-16(22(20)29-11-2-3-12-29)27-23(32)17-8-10-19(31)30(28-17)21-14(24)5-4-6-15(21)25/h4-10H,2-3,11-12H2,1H3,(H,27,32). The number of halogens is 2. The highest BCUT2D eigenvalue weighted by atomic mass is 32.1. The van der Waals surface area contributed by atoms with Gasteiger partial charge in [-0.1, -0.05) is 6.07 Å². The molecule has 7 nitrogen and oxygen atoms in total. The van der Waals surface area contributed by atoms with Crippen LogP contribution < -0.4 is 15.8 Å². The quantitative estimate of drug-likeness (QED) is 0.485. The van der Waals surface area contributed by atoms with Crippen molar-refractivity contribution in [2.75, 3.05) is 23.3 Å². The molecule has 0 radical (unpaired) electrons. The van der Waals surface area contributed by atoms with E-state index in [4.69, 9.17) is 0 Å². The molecule has 0 atom stereocenters. The summed E-state index contributed by atoms with van der Waals surface area (Å²) in [6, 6.07) is 9.23. The van der Waals surface area contributed by atoms with Gasteiger partial charge in [0.2, 0.25) is 0 Å². The van der Waals surface area contributed by atoms with Crippen molar-refractivity contribution in [3.05, 3.63) is 75.2 Å². The molecule has 4 aromatic rings. The number of aromatic nitrogens is 3. The van der Waals surface area contributed by atoms with Crippen molar-refractivity contribution in [2.24, 2.45) is 0 Å². The number of benzene rings is 2. The lowest BCUT2D eigenvalue weighted by Gasteiger charge is -2.22. The van der Waals surface area contributed by atoms with Gasteiger partial charge < -0.3 is 10.2 Å². The molecule has 2 aromatic carbocycles. The van der Waals surface area contributed by atoms with E-state index in [-0.39, 0.29) is 5.69 Å². The second-order valence-corrected chi connectivity index (χ2v) is 8.96. The number of nitrogens with zero attached hydrogens (tertiary/aromatic N) is 4. The van der Waals surface area contributed by atoms with Gasteiger partial charge in [0.25, 0.3) is 11.5 Å². The summed E-state index contributed by atoms with van der Waals surface area (Å²) in [6.07, 6.45) is 2.10. The van der Waals surface area contributed by atoms with Crippen molar-refractivity contribution in [1.29, 1.82) is 0 Å². The molecule has 1 amide bonds. The molecule has 33 heavy (non-hydrogen) atoms. The van der Waals surface area contributed by atoms with Crippen LogP contribution in [-0.4, -0.2) is 33.8 Å². The lowest BCUT2D eigenvalue weighted by atomic mass is 10.2. The van der Waals surface area contributed by atoms with Crippen molar-refractivity contribution in [3.63, 3.8) is 0 Å². The van der Waals surface area contributed by atoms with E-state index >= 15 is 0 Å². The zero-order valence-corrected chi connectivity index (χ0v) is 18.5. The second kappa shape index (κ2) is 8.36. The molecule has 2 aromatic heterocycles. The summed E-state index contributed by atoms with van der Waals surface area (Å²) in [4.78, 5) is 32.2. The first kappa shape index (κ1) is 21.2. The minimum atomic E-state index is -0.956. The van der Waals surface area contributed by atoms with Crippen molar-refractivity contribution >= 4 is 38.8 Å². The van der Waals surface area contributed by atoms with Crippen molar-refractivity contribution in [2.45, 2.75) is 19.8 Å². The van der Waals surface area contributed by atoms with Gasteiger partial charge in [-0.15, -0.1) is 11.3 Å². The molecule has 10 heteroatoms. The van der Waals surface area contributed by atoms with E-state index in [1.807, 2.05) is 19.1 Å². The number of nitrogens with one attached hydrogen (secondary N) is 1. The normalized spacial score (nSPS) is 13.6. The molecule has 0 spiro atoms. The molecule has 1 saturated heterocycles. The van der Waals surface area contributed by atoms with Gasteiger partial charge in [0, 0.05) is 19.2 Å². The highest BCUT2D eigenvalue weighted by Crippen LogP contribution is 2.38. The summed E-state index contributed by atoms with van der Waals surface area (Å²) >= 11 is 1.58. The number of para-hydroxylation sites is 1. The van der Waals surface area contributed by atoms with Crippen LogP contribution in [0.25, 0.3) is 15.9 Å². The molecule has 1 aliphatic rings. The Morgan fingerprint density at radius 2 is 1.76 bits per heavy atom. The predicted molar refractivity (Wildman–Crippen MR) is 124 cm³/mol. The van der Waals surface area contributed by atoms with Gasteiger partial charge in [0.05, 0.1) is 21.1 Å². The predicted octanol–water partition coefficient (Wildman–Crippen LogP) is 4.28. The number of rotatable bonds is 4. The van der Waals surface area contributed by atoms with E-state index in [1.54, 1.807) is 11.3 Å². The van der Waals surface area contributed by atoms with Gasteiger partial charge >= 0.3 is 0 Å². The molecule has 1 aliphatic heterocycles. The van der Waals surface area contributed by atoms with Crippen LogP contribution >= 0.6 is 11.3 Å². The Hall–Kier alpha value is -3.66. The fraction of sp³-hybridized carbons (Fsp3) is 0.217. The molecule has 3 heterocycles. The van der Waals surface area contributed by atoms with Crippen LogP contribution in [-0.2, 0) is 0 Å². The van der Waals surface area contributed by atoms with Gasteiger partial charge in [-0.05, 0) is 50.1 Å². The number of thiazole rings is 1. The van der Waals surface area contributed by atoms with E-state index in [9.17, 15) is 18.4 Å². The molecule has 1 N–H and O–H groups in total. The molecule has 0 aliphatic carbocycles. The smallest absolute Gasteiger partial charge is 0.276 e. The van der Waals surface area contributed by atoms with Crippen LogP contribution in [0, 0.1) is 18.6 Å². The van der Waals surface area contributed by atoms with E-state index in [0.29, 0.717) is 10.4 Å². The topological polar surface area (TPSA) is 80.1 Å². The summed E-state index contributed by atoms with van der Waals surface area (Å²) < 4.78 is 30.0. The molecule has 0 unspecified atom stereocenters. The molecular weight excluding hydrogens is 448 g/mol. The van der Waals surface area contributed by atoms with E-state index in [2.05, 4.69) is 20.3 Å². The summed E-state index contributed by atoms with van der Waals surface area (Å²) in [5, 5.41) is 7.72. The monoisotopic (exact) mass is 467 g/mol. The van der Waals surface area contributed by atoms with Crippen LogP contribution in [0.2, 0.25) is 0 Å². The number of carbonyl (C=O) groups is 1. The largest absolute Gasteiger partial charge is 0.368 e. The average Bonchev–Trinajstić information content (AvgIpc) is 3.43. The maximum atomic E-state index is 14.2. The molecular formula is C23H19F2N5O2S. The van der Waals surface area contributed by atoms with Gasteiger partial charge in [-0.2, -0.15) is 9.78 Å². The second-order valence-electron chi connectivity index (χ2n) is 7.73. The fourth-order valence-corrected chi connectivity index (χ4v) is 4.85. The lowest BCUT2D eigenvalue weighted by Crippen LogP contribution is -2.27. The molecule has 0 saturated carbocycles. The summed E-state index contributed by atoms with van der Waals surface area (Å²) in [5.74, 6) is -2.52. The van der Waals surface area contributed by atoms with Crippen LogP contribution in [0.4, 0.5) is 20.2 Å². The number of fused-ring (bicyclic) bond motifs is 1. The third-order valence-corrected chi connectivity index (χ3v) is 6.43. The number of hydrogen-bond acceptors (Lipinski definition) is 6. The van der Waals surface area contributed by atoms with Crippen LogP contribution in [0.3, 0.4) is 0 Å². The van der Waals surface area contributed by atoms with Crippen molar-refractivity contribution in [1.82, 2.24) is 14.8 Å². The number of hydrogen-bond donors (Lipinski definition) is 1. The third-order valence-electron chi connectivity index (χ3n) is 5.49. The minimum absolute atomic E-state index is 0.154. The first-order valence-corrected chi connectivity index (χ1v) is 11.3. The highest BCUT2D eigenvalue weighted by Gasteiger charge is 2.23. The van der Waals surface area contributed by atoms with Crippen molar-refractivity contribution < 1.29 is 13.6 Å². The average molecular weight is 468 g/mol. The molecule has 0 bridgehead atoms. The number of carbonyl (C=O) groups excluding carboxylic acids is 1. The van der Waals surface area contributed by atoms with Crippen LogP contribution in [0.5, 0.6) is 0 Å². The zero-order valence-electron chi connectivity index (χ0n) is 17.6. The molecule has 168 valence electrons. The van der Waals surface area contributed by atoms with E-state index in [0.717, 1.165) is 65.0 Å². The number of anilines is 2. The maximum Gasteiger partial charge on any atom is 0.276 e. The maximum absolute atomic E-state index is 14.2. The molecule has 1 fully saturated rings. The Morgan fingerprint density at radius 3 is 2.48 bits per heavy atom. The Balaban J connectivity index is 1.55. The Kier molecular flexibility index (Phi) is 5.37. The minimum Gasteiger partial charge on any atom is -0.368 e. The summed E-state index contributed by atoms with van der Waals surface area (Å²) in [6.45, 7) is 3.65. The number of aryl methyl sites for hydroxylation is 1. The lowest BCUT2D eigenvalue weighted by molar-refractivity contribution is 0.102. The van der Waals surface area contributed by atoms with E-state index in [1.165, 1.54) is 12.1 Å². The van der Waals surface area contributed by atoms with Crippen LogP contribution in [0.15, 0.2) is 47.3 Å². The summed E-state index contributed by atoms with van der Waals surface area (Å²) in [5.41, 5.74) is 0.692. The Morgan fingerprint density at radius 1 is 1.03 bits per heavy atom. The third kappa shape index (κ3) is 3.86. The number of amides is 1. The van der Waals surface area contributed by atoms with Gasteiger partial charge in [-0.25, -0.2) is 13.8 Å². The zero-order chi connectivity index (χ0) is 23.1. The fourth-order valence-electron chi connectivity index (χ4n) is 4.02. The summed E-state index contributed by atoms with van der Waals surface area (Å²) in [7, 11) is 0. The van der Waals surface area contributed by atoms with Gasteiger partial charge in [-0.3, -0.25) is 9.59 Å². The SMILES string of the molecule is Cc1nc2c(N3CCCC3)c(NC(=O)c3ccc(=O)n(-c4c(F)cccc4F)n3)ccc2s1. The highest BCUT2D eigenvalue weighted by molar-refractivity contribution is 7.18. The Bertz CT molecular complexity index is 1420. The van der Waals surface area contributed by atoms with Gasteiger partial charge in [0.15, 0.2) is 11.6 Å². The Labute approximate surface area is 191 Å². The van der Waals surface area contributed by atoms with Crippen molar-refractivity contribution in [3.8, 4) is 5.69 Å². The van der Waals surface area contributed by atoms with Crippen LogP contribution in [0.1, 0.15) is 28.3 Å². The van der Waals surface area contributed by atoms with Gasteiger partial charge in [0.1, 0.15) is 16.9 Å². The van der Waals surface area contributed by atoms with E-state index < -0.39 is 28.8 Å².